The van der Waals surface area contributed by atoms with Crippen molar-refractivity contribution in [3.05, 3.63) is 84.1 Å². The minimum absolute atomic E-state index is 0.0607. The predicted octanol–water partition coefficient (Wildman–Crippen LogP) is 5.20. The van der Waals surface area contributed by atoms with E-state index >= 15 is 4.39 Å². The van der Waals surface area contributed by atoms with E-state index in [4.69, 9.17) is 0 Å². The molecule has 0 radical (unpaired) electrons. The molecule has 3 N–H and O–H groups in total. The summed E-state index contributed by atoms with van der Waals surface area (Å²) in [6.45, 7) is 4.42. The summed E-state index contributed by atoms with van der Waals surface area (Å²) in [6.07, 6.45) is 6.54. The minimum atomic E-state index is -0.411. The molecule has 2 aromatic carbocycles. The van der Waals surface area contributed by atoms with E-state index < -0.39 is 11.8 Å². The Morgan fingerprint density at radius 3 is 2.81 bits per heavy atom. The summed E-state index contributed by atoms with van der Waals surface area (Å²) in [5.41, 5.74) is 5.34. The van der Waals surface area contributed by atoms with Crippen molar-refractivity contribution in [2.24, 2.45) is 0 Å². The number of urea groups is 1. The molecule has 186 valence electrons. The fourth-order valence-electron chi connectivity index (χ4n) is 4.44. The van der Waals surface area contributed by atoms with Gasteiger partial charge in [0.25, 0.3) is 0 Å². The number of fused-ring (bicyclic) bond motifs is 1. The average Bonchev–Trinajstić information content (AvgIpc) is 3.36. The molecule has 0 bridgehead atoms. The Morgan fingerprint density at radius 1 is 1.19 bits per heavy atom. The summed E-state index contributed by atoms with van der Waals surface area (Å²) in [4.78, 5) is 26.6. The Kier molecular flexibility index (Phi) is 7.24. The average molecular weight is 495 g/mol. The number of halogens is 1. The molecule has 7 nitrogen and oxygen atoms in total. The summed E-state index contributed by atoms with van der Waals surface area (Å²) in [5, 5.41) is 6.31. The van der Waals surface area contributed by atoms with Crippen LogP contribution in [0.4, 0.5) is 14.9 Å². The van der Waals surface area contributed by atoms with Crippen molar-refractivity contribution in [1.29, 1.82) is 0 Å². The van der Waals surface area contributed by atoms with Gasteiger partial charge < -0.3 is 15.6 Å². The monoisotopic (exact) mass is 494 g/mol. The highest BCUT2D eigenvalue weighted by atomic mass is 19.1. The summed E-state index contributed by atoms with van der Waals surface area (Å²) in [6, 6.07) is 13.7. The van der Waals surface area contributed by atoms with E-state index in [1.807, 2.05) is 37.4 Å². The number of nitrogens with zero attached hydrogens (tertiary/aromatic N) is 3. The van der Waals surface area contributed by atoms with Gasteiger partial charge in [-0.25, -0.2) is 19.2 Å². The second kappa shape index (κ2) is 11.1. The van der Waals surface area contributed by atoms with Crippen LogP contribution >= 0.6 is 0 Å². The molecule has 37 heavy (non-hydrogen) atoms. The Balaban J connectivity index is 1.35. The standard InChI is InChI=1S/C29H27FN6O/c1-2-3-13-36-14-11-20(12-15-36)24-18-31-28-26(24)27(33-19-34-28)21-9-10-22(25(30)16-21)17-32-29(37)35-23-7-5-4-6-8-23/h4-11,16,18-19H,12-15,17H2,1H3,(H,31,33,34)(H2,32,35,37). The van der Waals surface area contributed by atoms with Gasteiger partial charge in [-0.3, -0.25) is 4.90 Å². The third-order valence-corrected chi connectivity index (χ3v) is 6.39. The third kappa shape index (κ3) is 5.52. The topological polar surface area (TPSA) is 85.9 Å². The van der Waals surface area contributed by atoms with Gasteiger partial charge in [-0.05, 0) is 37.1 Å². The zero-order chi connectivity index (χ0) is 25.6. The molecule has 0 fully saturated rings. The lowest BCUT2D eigenvalue weighted by Crippen LogP contribution is -2.28. The molecule has 0 saturated carbocycles. The van der Waals surface area contributed by atoms with Gasteiger partial charge in [0.05, 0.1) is 17.6 Å². The number of hydrogen-bond donors (Lipinski definition) is 3. The van der Waals surface area contributed by atoms with Gasteiger partial charge in [0, 0.05) is 48.2 Å². The zero-order valence-electron chi connectivity index (χ0n) is 20.5. The fraction of sp³-hybridized carbons (Fsp3) is 0.207. The number of para-hydroxylation sites is 1. The Morgan fingerprint density at radius 2 is 2.05 bits per heavy atom. The number of hydrogen-bond acceptors (Lipinski definition) is 4. The lowest BCUT2D eigenvalue weighted by Gasteiger charge is -2.24. The maximum atomic E-state index is 15.1. The van der Waals surface area contributed by atoms with Gasteiger partial charge >= 0.3 is 6.03 Å². The lowest BCUT2D eigenvalue weighted by atomic mass is 9.96. The Hall–Kier alpha value is -4.48. The molecule has 2 aromatic heterocycles. The summed E-state index contributed by atoms with van der Waals surface area (Å²) in [5.74, 6) is 5.66. The van der Waals surface area contributed by atoms with Crippen LogP contribution in [0.1, 0.15) is 24.5 Å². The van der Waals surface area contributed by atoms with Crippen molar-refractivity contribution in [3.63, 3.8) is 0 Å². The summed E-state index contributed by atoms with van der Waals surface area (Å²) < 4.78 is 15.1. The second-order valence-electron chi connectivity index (χ2n) is 8.77. The van der Waals surface area contributed by atoms with Gasteiger partial charge in [0.1, 0.15) is 17.8 Å². The number of H-pyrrole nitrogens is 1. The van der Waals surface area contributed by atoms with Crippen molar-refractivity contribution in [2.45, 2.75) is 19.9 Å². The number of carbonyl (C=O) groups is 1. The van der Waals surface area contributed by atoms with E-state index in [9.17, 15) is 4.79 Å². The van der Waals surface area contributed by atoms with Gasteiger partial charge in [-0.2, -0.15) is 0 Å². The maximum absolute atomic E-state index is 15.1. The van der Waals surface area contributed by atoms with Crippen LogP contribution < -0.4 is 10.6 Å². The first-order chi connectivity index (χ1) is 18.1. The molecule has 0 atom stereocenters. The van der Waals surface area contributed by atoms with E-state index in [1.54, 1.807) is 18.2 Å². The number of rotatable bonds is 6. The predicted molar refractivity (Wildman–Crippen MR) is 144 cm³/mol. The molecule has 2 amide bonds. The van der Waals surface area contributed by atoms with Gasteiger partial charge in [0.2, 0.25) is 0 Å². The molecule has 0 aliphatic carbocycles. The van der Waals surface area contributed by atoms with Crippen molar-refractivity contribution >= 4 is 28.3 Å². The van der Waals surface area contributed by atoms with Crippen LogP contribution in [0.15, 0.2) is 67.1 Å². The maximum Gasteiger partial charge on any atom is 0.319 e. The molecular formula is C29H27FN6O. The molecule has 0 saturated heterocycles. The van der Waals surface area contributed by atoms with E-state index in [0.29, 0.717) is 28.2 Å². The van der Waals surface area contributed by atoms with Crippen LogP contribution in [-0.4, -0.2) is 45.5 Å². The number of anilines is 1. The molecule has 1 aliphatic heterocycles. The largest absolute Gasteiger partial charge is 0.345 e. The Bertz CT molecular complexity index is 1520. The smallest absolute Gasteiger partial charge is 0.319 e. The van der Waals surface area contributed by atoms with Gasteiger partial charge in [0.15, 0.2) is 0 Å². The zero-order valence-corrected chi connectivity index (χ0v) is 20.5. The number of aromatic nitrogens is 3. The van der Waals surface area contributed by atoms with Crippen molar-refractivity contribution in [2.75, 3.05) is 25.0 Å². The van der Waals surface area contributed by atoms with Gasteiger partial charge in [-0.15, -0.1) is 5.92 Å². The minimum Gasteiger partial charge on any atom is -0.345 e. The van der Waals surface area contributed by atoms with E-state index in [1.165, 1.54) is 18.0 Å². The first kappa shape index (κ1) is 24.2. The van der Waals surface area contributed by atoms with E-state index in [2.05, 4.69) is 48.4 Å². The molecular weight excluding hydrogens is 467 g/mol. The molecule has 3 heterocycles. The van der Waals surface area contributed by atoms with Crippen LogP contribution in [0.2, 0.25) is 0 Å². The van der Waals surface area contributed by atoms with Crippen molar-refractivity contribution in [3.8, 4) is 23.1 Å². The summed E-state index contributed by atoms with van der Waals surface area (Å²) >= 11 is 0. The molecule has 8 heteroatoms. The van der Waals surface area contributed by atoms with Crippen molar-refractivity contribution in [1.82, 2.24) is 25.2 Å². The number of carbonyl (C=O) groups excluding carboxylic acids is 1. The van der Waals surface area contributed by atoms with Crippen LogP contribution in [0.3, 0.4) is 0 Å². The fourth-order valence-corrected chi connectivity index (χ4v) is 4.44. The molecule has 1 aliphatic rings. The SMILES string of the molecule is CC#CCN1CC=C(c2c[nH]c3ncnc(-c4ccc(CNC(=O)Nc5ccccc5)c(F)c4)c23)CC1. The van der Waals surface area contributed by atoms with Crippen LogP contribution in [0.25, 0.3) is 27.9 Å². The molecule has 5 rings (SSSR count). The number of amides is 2. The highest BCUT2D eigenvalue weighted by Crippen LogP contribution is 2.34. The van der Waals surface area contributed by atoms with Crippen LogP contribution in [0.5, 0.6) is 0 Å². The first-order valence-electron chi connectivity index (χ1n) is 12.1. The van der Waals surface area contributed by atoms with E-state index in [-0.39, 0.29) is 6.54 Å². The van der Waals surface area contributed by atoms with Gasteiger partial charge in [-0.1, -0.05) is 42.3 Å². The summed E-state index contributed by atoms with van der Waals surface area (Å²) in [7, 11) is 0. The van der Waals surface area contributed by atoms with Crippen LogP contribution in [0, 0.1) is 17.7 Å². The highest BCUT2D eigenvalue weighted by Gasteiger charge is 2.19. The normalized spacial score (nSPS) is 13.5. The quantitative estimate of drug-likeness (QED) is 0.322. The third-order valence-electron chi connectivity index (χ3n) is 6.39. The Labute approximate surface area is 214 Å². The molecule has 0 spiro atoms. The highest BCUT2D eigenvalue weighted by molar-refractivity contribution is 6.00. The number of nitrogens with one attached hydrogen (secondary N) is 3. The van der Waals surface area contributed by atoms with Crippen molar-refractivity contribution < 1.29 is 9.18 Å². The number of aromatic amines is 1. The first-order valence-corrected chi connectivity index (χ1v) is 12.1. The number of benzene rings is 2. The van der Waals surface area contributed by atoms with Crippen LogP contribution in [-0.2, 0) is 6.54 Å². The molecule has 0 unspecified atom stereocenters. The second-order valence-corrected chi connectivity index (χ2v) is 8.77. The molecule has 4 aromatic rings. The lowest BCUT2D eigenvalue weighted by molar-refractivity contribution is 0.251. The van der Waals surface area contributed by atoms with E-state index in [0.717, 1.165) is 37.0 Å².